The van der Waals surface area contributed by atoms with Gasteiger partial charge in [0.1, 0.15) is 0 Å². The monoisotopic (exact) mass is 211 g/mol. The first-order valence-electron chi connectivity index (χ1n) is 5.22. The summed E-state index contributed by atoms with van der Waals surface area (Å²) in [6, 6.07) is 4.37. The lowest BCUT2D eigenvalue weighted by Gasteiger charge is -2.09. The molecule has 2 rings (SSSR count). The number of aryl methyl sites for hydroxylation is 1. The van der Waals surface area contributed by atoms with E-state index in [2.05, 4.69) is 24.4 Å². The summed E-state index contributed by atoms with van der Waals surface area (Å²) < 4.78 is 5.54. The van der Waals surface area contributed by atoms with Crippen LogP contribution in [0.1, 0.15) is 22.6 Å². The van der Waals surface area contributed by atoms with E-state index < -0.39 is 0 Å². The molecule has 0 saturated carbocycles. The Bertz CT molecular complexity index is 279. The molecule has 1 aromatic heterocycles. The largest absolute Gasteiger partial charge is 0.377 e. The molecule has 0 unspecified atom stereocenters. The van der Waals surface area contributed by atoms with Crippen LogP contribution >= 0.6 is 11.3 Å². The summed E-state index contributed by atoms with van der Waals surface area (Å²) in [7, 11) is 0. The Morgan fingerprint density at radius 2 is 2.50 bits per heavy atom. The van der Waals surface area contributed by atoms with Gasteiger partial charge >= 0.3 is 0 Å². The van der Waals surface area contributed by atoms with Crippen LogP contribution in [0.4, 0.5) is 0 Å². The van der Waals surface area contributed by atoms with Gasteiger partial charge in [-0.1, -0.05) is 0 Å². The van der Waals surface area contributed by atoms with E-state index >= 15 is 0 Å². The molecule has 0 aromatic carbocycles. The Kier molecular flexibility index (Phi) is 3.56. The van der Waals surface area contributed by atoms with Gasteiger partial charge in [0.2, 0.25) is 0 Å². The first-order valence-corrected chi connectivity index (χ1v) is 6.04. The fourth-order valence-corrected chi connectivity index (χ4v) is 2.60. The van der Waals surface area contributed by atoms with Crippen molar-refractivity contribution in [3.05, 3.63) is 21.9 Å². The van der Waals surface area contributed by atoms with E-state index in [-0.39, 0.29) is 0 Å². The molecule has 1 atom stereocenters. The lowest BCUT2D eigenvalue weighted by Crippen LogP contribution is -2.25. The van der Waals surface area contributed by atoms with E-state index in [4.69, 9.17) is 4.74 Å². The Balaban J connectivity index is 1.67. The van der Waals surface area contributed by atoms with E-state index in [1.165, 1.54) is 22.6 Å². The molecule has 1 aliphatic rings. The van der Waals surface area contributed by atoms with Gasteiger partial charge in [0.15, 0.2) is 0 Å². The normalized spacial score (nSPS) is 21.6. The zero-order valence-corrected chi connectivity index (χ0v) is 9.40. The van der Waals surface area contributed by atoms with Crippen molar-refractivity contribution >= 4 is 11.3 Å². The van der Waals surface area contributed by atoms with Crippen LogP contribution in [0.2, 0.25) is 0 Å². The minimum atomic E-state index is 0.455. The Morgan fingerprint density at radius 1 is 1.57 bits per heavy atom. The van der Waals surface area contributed by atoms with Crippen LogP contribution in [0, 0.1) is 6.92 Å². The standard InChI is InChI=1S/C11H17NOS/c1-9-4-5-11(14-9)8-12-7-10-3-2-6-13-10/h4-5,10,12H,2-3,6-8H2,1H3/t10-/m1/s1. The molecule has 1 aromatic rings. The second-order valence-corrected chi connectivity index (χ2v) is 5.15. The van der Waals surface area contributed by atoms with Crippen LogP contribution < -0.4 is 5.32 Å². The number of hydrogen-bond donors (Lipinski definition) is 1. The summed E-state index contributed by atoms with van der Waals surface area (Å²) >= 11 is 1.87. The Labute approximate surface area is 89.3 Å². The van der Waals surface area contributed by atoms with Gasteiger partial charge in [0.25, 0.3) is 0 Å². The second-order valence-electron chi connectivity index (χ2n) is 3.78. The van der Waals surface area contributed by atoms with Crippen molar-refractivity contribution in [2.45, 2.75) is 32.4 Å². The first-order chi connectivity index (χ1) is 6.84. The molecule has 1 fully saturated rings. The van der Waals surface area contributed by atoms with Crippen LogP contribution in [-0.4, -0.2) is 19.3 Å². The Morgan fingerprint density at radius 3 is 3.14 bits per heavy atom. The van der Waals surface area contributed by atoms with E-state index in [0.29, 0.717) is 6.10 Å². The third-order valence-electron chi connectivity index (χ3n) is 2.49. The van der Waals surface area contributed by atoms with Crippen molar-refractivity contribution in [2.75, 3.05) is 13.2 Å². The molecule has 0 aliphatic carbocycles. The van der Waals surface area contributed by atoms with E-state index in [1.54, 1.807) is 0 Å². The minimum Gasteiger partial charge on any atom is -0.377 e. The molecule has 0 bridgehead atoms. The molecule has 0 amide bonds. The van der Waals surface area contributed by atoms with Crippen LogP contribution in [0.5, 0.6) is 0 Å². The van der Waals surface area contributed by atoms with Crippen LogP contribution in [0.15, 0.2) is 12.1 Å². The fourth-order valence-electron chi connectivity index (χ4n) is 1.74. The molecule has 0 spiro atoms. The summed E-state index contributed by atoms with van der Waals surface area (Å²) in [4.78, 5) is 2.81. The van der Waals surface area contributed by atoms with Crippen molar-refractivity contribution in [3.63, 3.8) is 0 Å². The highest BCUT2D eigenvalue weighted by molar-refractivity contribution is 7.11. The summed E-state index contributed by atoms with van der Waals surface area (Å²) in [6.45, 7) is 5.08. The van der Waals surface area contributed by atoms with Gasteiger partial charge in [-0.05, 0) is 31.9 Å². The van der Waals surface area contributed by atoms with E-state index in [9.17, 15) is 0 Å². The van der Waals surface area contributed by atoms with Crippen LogP contribution in [0.25, 0.3) is 0 Å². The highest BCUT2D eigenvalue weighted by Crippen LogP contribution is 2.15. The maximum absolute atomic E-state index is 5.54. The predicted octanol–water partition coefficient (Wildman–Crippen LogP) is 2.33. The zero-order valence-electron chi connectivity index (χ0n) is 8.58. The molecule has 78 valence electrons. The van der Waals surface area contributed by atoms with Gasteiger partial charge in [-0.2, -0.15) is 0 Å². The zero-order chi connectivity index (χ0) is 9.80. The van der Waals surface area contributed by atoms with Gasteiger partial charge in [-0.3, -0.25) is 0 Å². The van der Waals surface area contributed by atoms with Crippen molar-refractivity contribution in [1.29, 1.82) is 0 Å². The van der Waals surface area contributed by atoms with Crippen molar-refractivity contribution in [2.24, 2.45) is 0 Å². The summed E-state index contributed by atoms with van der Waals surface area (Å²) in [6.07, 6.45) is 2.90. The maximum Gasteiger partial charge on any atom is 0.0700 e. The van der Waals surface area contributed by atoms with Crippen LogP contribution in [-0.2, 0) is 11.3 Å². The smallest absolute Gasteiger partial charge is 0.0700 e. The highest BCUT2D eigenvalue weighted by Gasteiger charge is 2.14. The van der Waals surface area contributed by atoms with E-state index in [0.717, 1.165) is 19.7 Å². The first kappa shape index (κ1) is 10.1. The predicted molar refractivity (Wildman–Crippen MR) is 59.7 cm³/mol. The summed E-state index contributed by atoms with van der Waals surface area (Å²) in [5.74, 6) is 0. The van der Waals surface area contributed by atoms with Crippen molar-refractivity contribution < 1.29 is 4.74 Å². The lowest BCUT2D eigenvalue weighted by molar-refractivity contribution is 0.110. The Hall–Kier alpha value is -0.380. The molecular weight excluding hydrogens is 194 g/mol. The van der Waals surface area contributed by atoms with Gasteiger partial charge < -0.3 is 10.1 Å². The SMILES string of the molecule is Cc1ccc(CNC[C@H]2CCCO2)s1. The quantitative estimate of drug-likeness (QED) is 0.825. The number of ether oxygens (including phenoxy) is 1. The van der Waals surface area contributed by atoms with Gasteiger partial charge in [-0.25, -0.2) is 0 Å². The molecule has 1 aliphatic heterocycles. The number of hydrogen-bond acceptors (Lipinski definition) is 3. The second kappa shape index (κ2) is 4.91. The van der Waals surface area contributed by atoms with Gasteiger partial charge in [0.05, 0.1) is 6.10 Å². The lowest BCUT2D eigenvalue weighted by atomic mass is 10.2. The van der Waals surface area contributed by atoms with E-state index in [1.807, 2.05) is 11.3 Å². The van der Waals surface area contributed by atoms with Gasteiger partial charge in [0, 0.05) is 29.5 Å². The molecular formula is C11H17NOS. The molecule has 14 heavy (non-hydrogen) atoms. The van der Waals surface area contributed by atoms with Crippen LogP contribution in [0.3, 0.4) is 0 Å². The maximum atomic E-state index is 5.54. The summed E-state index contributed by atoms with van der Waals surface area (Å²) in [5, 5.41) is 3.44. The summed E-state index contributed by atoms with van der Waals surface area (Å²) in [5.41, 5.74) is 0. The average molecular weight is 211 g/mol. The molecule has 3 heteroatoms. The molecule has 1 N–H and O–H groups in total. The topological polar surface area (TPSA) is 21.3 Å². The third kappa shape index (κ3) is 2.80. The average Bonchev–Trinajstić information content (AvgIpc) is 2.77. The number of thiophene rings is 1. The molecule has 1 saturated heterocycles. The molecule has 2 heterocycles. The number of nitrogens with one attached hydrogen (secondary N) is 1. The molecule has 0 radical (unpaired) electrons. The van der Waals surface area contributed by atoms with Crippen molar-refractivity contribution in [3.8, 4) is 0 Å². The molecule has 2 nitrogen and oxygen atoms in total. The van der Waals surface area contributed by atoms with Crippen molar-refractivity contribution in [1.82, 2.24) is 5.32 Å². The fraction of sp³-hybridized carbons (Fsp3) is 0.636. The van der Waals surface area contributed by atoms with Gasteiger partial charge in [-0.15, -0.1) is 11.3 Å². The minimum absolute atomic E-state index is 0.455. The third-order valence-corrected chi connectivity index (χ3v) is 3.49. The highest BCUT2D eigenvalue weighted by atomic mass is 32.1. The number of rotatable bonds is 4.